The van der Waals surface area contributed by atoms with Crippen molar-refractivity contribution >= 4 is 43.9 Å². The first-order chi connectivity index (χ1) is 8.43. The number of benzene rings is 1. The molecule has 0 radical (unpaired) electrons. The Morgan fingerprint density at radius 1 is 1.44 bits per heavy atom. The summed E-state index contributed by atoms with van der Waals surface area (Å²) in [6.45, 7) is 4.05. The highest BCUT2D eigenvalue weighted by atomic mass is 79.9. The van der Waals surface area contributed by atoms with Gasteiger partial charge < -0.3 is 9.84 Å². The van der Waals surface area contributed by atoms with E-state index in [-0.39, 0.29) is 6.10 Å². The summed E-state index contributed by atoms with van der Waals surface area (Å²) in [6.07, 6.45) is 3.67. The number of carboxylic acids is 1. The zero-order chi connectivity index (χ0) is 13.7. The molecule has 0 spiro atoms. The van der Waals surface area contributed by atoms with Gasteiger partial charge in [0, 0.05) is 6.08 Å². The van der Waals surface area contributed by atoms with Crippen molar-refractivity contribution in [2.75, 3.05) is 0 Å². The molecule has 1 rings (SSSR count). The normalized spacial score (nSPS) is 12.7. The van der Waals surface area contributed by atoms with Gasteiger partial charge in [-0.3, -0.25) is 0 Å². The van der Waals surface area contributed by atoms with Gasteiger partial charge in [-0.2, -0.15) is 0 Å². The summed E-state index contributed by atoms with van der Waals surface area (Å²) in [6, 6.07) is 3.64. The molecule has 0 heterocycles. The van der Waals surface area contributed by atoms with Crippen molar-refractivity contribution in [2.24, 2.45) is 0 Å². The Morgan fingerprint density at radius 3 is 2.44 bits per heavy atom. The number of ether oxygens (including phenoxy) is 1. The Kier molecular flexibility index (Phi) is 5.88. The number of carboxylic acid groups (broad SMARTS) is 1. The van der Waals surface area contributed by atoms with E-state index in [1.165, 1.54) is 6.08 Å². The Hall–Kier alpha value is -0.810. The molecule has 0 bridgehead atoms. The first-order valence-corrected chi connectivity index (χ1v) is 7.09. The molecule has 0 aliphatic carbocycles. The van der Waals surface area contributed by atoms with Crippen molar-refractivity contribution in [1.29, 1.82) is 0 Å². The summed E-state index contributed by atoms with van der Waals surface area (Å²) >= 11 is 6.85. The second-order valence-electron chi connectivity index (χ2n) is 3.82. The van der Waals surface area contributed by atoms with Gasteiger partial charge in [-0.05, 0) is 69.0 Å². The van der Waals surface area contributed by atoms with E-state index < -0.39 is 5.97 Å². The van der Waals surface area contributed by atoms with E-state index in [2.05, 4.69) is 38.8 Å². The number of hydrogen-bond donors (Lipinski definition) is 1. The molecule has 1 atom stereocenters. The summed E-state index contributed by atoms with van der Waals surface area (Å²) in [5.74, 6) is -0.237. The summed E-state index contributed by atoms with van der Waals surface area (Å²) in [5, 5.41) is 8.58. The molecule has 0 amide bonds. The number of carbonyl (C=O) groups is 1. The quantitative estimate of drug-likeness (QED) is 0.769. The van der Waals surface area contributed by atoms with Gasteiger partial charge in [-0.1, -0.05) is 6.92 Å². The molecule has 98 valence electrons. The van der Waals surface area contributed by atoms with Crippen molar-refractivity contribution in [2.45, 2.75) is 26.4 Å². The molecule has 0 saturated heterocycles. The van der Waals surface area contributed by atoms with Gasteiger partial charge >= 0.3 is 5.97 Å². The van der Waals surface area contributed by atoms with Crippen LogP contribution in [0.2, 0.25) is 0 Å². The zero-order valence-electron chi connectivity index (χ0n) is 10.1. The predicted molar refractivity (Wildman–Crippen MR) is 78.9 cm³/mol. The van der Waals surface area contributed by atoms with E-state index in [9.17, 15) is 4.79 Å². The molecule has 0 aliphatic rings. The van der Waals surface area contributed by atoms with Crippen LogP contribution in [-0.2, 0) is 4.79 Å². The van der Waals surface area contributed by atoms with Gasteiger partial charge in [0.2, 0.25) is 0 Å². The van der Waals surface area contributed by atoms with Crippen molar-refractivity contribution in [3.05, 3.63) is 32.7 Å². The molecular formula is C13H14Br2O3. The molecule has 3 nitrogen and oxygen atoms in total. The molecule has 0 saturated carbocycles. The van der Waals surface area contributed by atoms with Crippen molar-refractivity contribution < 1.29 is 14.6 Å². The maximum atomic E-state index is 10.5. The molecule has 5 heteroatoms. The Balaban J connectivity index is 3.01. The van der Waals surface area contributed by atoms with Gasteiger partial charge in [-0.25, -0.2) is 4.79 Å². The Morgan fingerprint density at radius 2 is 2.00 bits per heavy atom. The fourth-order valence-corrected chi connectivity index (χ4v) is 2.65. The van der Waals surface area contributed by atoms with E-state index >= 15 is 0 Å². The van der Waals surface area contributed by atoms with Gasteiger partial charge in [0.05, 0.1) is 15.0 Å². The Labute approximate surface area is 123 Å². The molecule has 1 unspecified atom stereocenters. The average Bonchev–Trinajstić information content (AvgIpc) is 2.30. The third-order valence-corrected chi connectivity index (χ3v) is 3.51. The van der Waals surface area contributed by atoms with E-state index in [0.717, 1.165) is 32.8 Å². The lowest BCUT2D eigenvalue weighted by Gasteiger charge is -2.16. The topological polar surface area (TPSA) is 46.5 Å². The zero-order valence-corrected chi connectivity index (χ0v) is 13.3. The van der Waals surface area contributed by atoms with Gasteiger partial charge in [0.25, 0.3) is 0 Å². The maximum Gasteiger partial charge on any atom is 0.328 e. The lowest BCUT2D eigenvalue weighted by molar-refractivity contribution is -0.131. The molecule has 1 aromatic rings. The van der Waals surface area contributed by atoms with Gasteiger partial charge in [-0.15, -0.1) is 0 Å². The minimum atomic E-state index is -0.970. The largest absolute Gasteiger partial charge is 0.488 e. The molecule has 0 aromatic heterocycles. The SMILES string of the molecule is CCC(C)Oc1c(Br)cc(/C=C/C(=O)O)cc1Br. The van der Waals surface area contributed by atoms with E-state index in [1.807, 2.05) is 19.1 Å². The highest BCUT2D eigenvalue weighted by Crippen LogP contribution is 2.36. The fourth-order valence-electron chi connectivity index (χ4n) is 1.24. The summed E-state index contributed by atoms with van der Waals surface area (Å²) in [4.78, 5) is 10.5. The predicted octanol–water partition coefficient (Wildman–Crippen LogP) is 4.49. The minimum absolute atomic E-state index is 0.123. The molecule has 0 aliphatic heterocycles. The number of aliphatic carboxylic acids is 1. The fraction of sp³-hybridized carbons (Fsp3) is 0.308. The molecule has 18 heavy (non-hydrogen) atoms. The standard InChI is InChI=1S/C13H14Br2O3/c1-3-8(2)18-13-10(14)6-9(7-11(13)15)4-5-12(16)17/h4-8H,3H2,1-2H3,(H,16,17)/b5-4+. The first kappa shape index (κ1) is 15.2. The third-order valence-electron chi connectivity index (χ3n) is 2.33. The van der Waals surface area contributed by atoms with Crippen molar-refractivity contribution in [1.82, 2.24) is 0 Å². The maximum absolute atomic E-state index is 10.5. The second kappa shape index (κ2) is 6.95. The number of hydrogen-bond acceptors (Lipinski definition) is 2. The second-order valence-corrected chi connectivity index (χ2v) is 5.53. The van der Waals surface area contributed by atoms with Crippen LogP contribution in [0.5, 0.6) is 5.75 Å². The molecule has 1 aromatic carbocycles. The van der Waals surface area contributed by atoms with Crippen LogP contribution in [-0.4, -0.2) is 17.2 Å². The van der Waals surface area contributed by atoms with Crippen LogP contribution < -0.4 is 4.74 Å². The molecule has 0 fully saturated rings. The lowest BCUT2D eigenvalue weighted by atomic mass is 10.2. The van der Waals surface area contributed by atoms with E-state index in [0.29, 0.717) is 0 Å². The third kappa shape index (κ3) is 4.46. The van der Waals surface area contributed by atoms with Gasteiger partial charge in [0.15, 0.2) is 0 Å². The smallest absolute Gasteiger partial charge is 0.328 e. The highest BCUT2D eigenvalue weighted by molar-refractivity contribution is 9.11. The van der Waals surface area contributed by atoms with Gasteiger partial charge in [0.1, 0.15) is 5.75 Å². The van der Waals surface area contributed by atoms with E-state index in [4.69, 9.17) is 9.84 Å². The average molecular weight is 378 g/mol. The van der Waals surface area contributed by atoms with E-state index in [1.54, 1.807) is 0 Å². The monoisotopic (exact) mass is 376 g/mol. The van der Waals surface area contributed by atoms with Crippen LogP contribution >= 0.6 is 31.9 Å². The molecular weight excluding hydrogens is 364 g/mol. The molecule has 1 N–H and O–H groups in total. The van der Waals surface area contributed by atoms with Crippen LogP contribution in [0.1, 0.15) is 25.8 Å². The van der Waals surface area contributed by atoms with Crippen LogP contribution in [0.25, 0.3) is 6.08 Å². The number of rotatable bonds is 5. The van der Waals surface area contributed by atoms with Crippen LogP contribution in [0.4, 0.5) is 0 Å². The summed E-state index contributed by atoms with van der Waals surface area (Å²) < 4.78 is 7.36. The summed E-state index contributed by atoms with van der Waals surface area (Å²) in [5.41, 5.74) is 0.785. The lowest BCUT2D eigenvalue weighted by Crippen LogP contribution is -2.10. The van der Waals surface area contributed by atoms with Crippen molar-refractivity contribution in [3.63, 3.8) is 0 Å². The highest BCUT2D eigenvalue weighted by Gasteiger charge is 2.11. The Bertz CT molecular complexity index is 446. The van der Waals surface area contributed by atoms with Crippen LogP contribution in [0, 0.1) is 0 Å². The van der Waals surface area contributed by atoms with Crippen molar-refractivity contribution in [3.8, 4) is 5.75 Å². The summed E-state index contributed by atoms with van der Waals surface area (Å²) in [7, 11) is 0. The van der Waals surface area contributed by atoms with Crippen LogP contribution in [0.3, 0.4) is 0 Å². The first-order valence-electron chi connectivity index (χ1n) is 5.50. The minimum Gasteiger partial charge on any atom is -0.488 e. The van der Waals surface area contributed by atoms with Crippen LogP contribution in [0.15, 0.2) is 27.2 Å². The number of halogens is 2.